The van der Waals surface area contributed by atoms with Gasteiger partial charge in [0.05, 0.1) is 37.4 Å². The van der Waals surface area contributed by atoms with Crippen LogP contribution in [-0.2, 0) is 49.0 Å². The minimum atomic E-state index is -3.18. The van der Waals surface area contributed by atoms with Gasteiger partial charge in [0.15, 0.2) is 26.3 Å². The number of nitrogens with zero attached hydrogens (tertiary/aromatic N) is 2. The van der Waals surface area contributed by atoms with Crippen molar-refractivity contribution in [3.05, 3.63) is 95.1 Å². The van der Waals surface area contributed by atoms with Crippen molar-refractivity contribution < 1.29 is 54.2 Å². The van der Waals surface area contributed by atoms with Gasteiger partial charge in [0.2, 0.25) is 5.91 Å². The molecule has 0 aromatic heterocycles. The average Bonchev–Trinajstić information content (AvgIpc) is 3.57. The topological polar surface area (TPSA) is 210 Å². The van der Waals surface area contributed by atoms with Gasteiger partial charge in [0, 0.05) is 29.3 Å². The molecule has 10 atom stereocenters. The summed E-state index contributed by atoms with van der Waals surface area (Å²) in [6.07, 6.45) is -9.69. The van der Waals surface area contributed by atoms with Crippen molar-refractivity contribution in [2.75, 3.05) is 16.8 Å². The van der Waals surface area contributed by atoms with E-state index in [2.05, 4.69) is 5.32 Å². The fourth-order valence-corrected chi connectivity index (χ4v) is 11.5. The standard InChI is InChI=1S/C39H47N3O11Si/c1-21-35(54(2,3)51)29(17-30(44)41-19-24-12-8-7-11-23(24)15-26(41)20-43)53-39(21)27-16-25(40-36(48)34-32(46)31(45)33(47)37(49)52-34)13-14-28(27)42(38(39)50)18-22-9-5-4-6-10-22/h4-14,16,21,26,29,31-35,37,43,45-47,49,51H,15,17-20H2,1-3H3,(H,40,48)/t21-,26+,29+,31+,32+,33-,34+,35-,37-,39+/m1/s1. The van der Waals surface area contributed by atoms with Crippen LogP contribution in [0.15, 0.2) is 72.8 Å². The number of amides is 3. The van der Waals surface area contributed by atoms with Crippen molar-refractivity contribution in [1.82, 2.24) is 4.90 Å². The van der Waals surface area contributed by atoms with E-state index in [-0.39, 0.29) is 37.1 Å². The maximum Gasteiger partial charge on any atom is 0.264 e. The number of hydrogen-bond acceptors (Lipinski definition) is 11. The van der Waals surface area contributed by atoms with Crippen molar-refractivity contribution in [1.29, 1.82) is 0 Å². The first-order valence-electron chi connectivity index (χ1n) is 18.2. The molecule has 4 heterocycles. The predicted octanol–water partition coefficient (Wildman–Crippen LogP) is 1.11. The Bertz CT molecular complexity index is 1910. The number of aliphatic hydroxyl groups excluding tert-OH is 5. The lowest BCUT2D eigenvalue weighted by Crippen LogP contribution is -2.60. The minimum absolute atomic E-state index is 0.141. The number of aliphatic hydroxyl groups is 5. The third-order valence-electron chi connectivity index (χ3n) is 11.5. The number of fused-ring (bicyclic) bond motifs is 3. The summed E-state index contributed by atoms with van der Waals surface area (Å²) in [5, 5.41) is 53.5. The largest absolute Gasteiger partial charge is 0.432 e. The van der Waals surface area contributed by atoms with Crippen molar-refractivity contribution in [2.24, 2.45) is 5.92 Å². The molecule has 7 N–H and O–H groups in total. The summed E-state index contributed by atoms with van der Waals surface area (Å²) in [6, 6.07) is 21.5. The van der Waals surface area contributed by atoms with Gasteiger partial charge in [-0.3, -0.25) is 14.4 Å². The van der Waals surface area contributed by atoms with Crippen LogP contribution in [-0.4, -0.2) is 111 Å². The molecule has 0 radical (unpaired) electrons. The predicted molar refractivity (Wildman–Crippen MR) is 197 cm³/mol. The molecule has 54 heavy (non-hydrogen) atoms. The molecule has 3 amide bonds. The van der Waals surface area contributed by atoms with Crippen LogP contribution in [0, 0.1) is 5.92 Å². The number of ether oxygens (including phenoxy) is 2. The Kier molecular flexibility index (Phi) is 10.3. The summed E-state index contributed by atoms with van der Waals surface area (Å²) in [4.78, 5) is 57.6. The molecule has 288 valence electrons. The molecule has 2 fully saturated rings. The number of benzene rings is 3. The molecule has 1 spiro atoms. The number of hydrogen-bond donors (Lipinski definition) is 7. The van der Waals surface area contributed by atoms with Crippen molar-refractivity contribution in [3.63, 3.8) is 0 Å². The zero-order valence-electron chi connectivity index (χ0n) is 30.3. The summed E-state index contributed by atoms with van der Waals surface area (Å²) >= 11 is 0. The highest BCUT2D eigenvalue weighted by Crippen LogP contribution is 2.60. The van der Waals surface area contributed by atoms with Crippen molar-refractivity contribution >= 4 is 37.4 Å². The Morgan fingerprint density at radius 3 is 2.31 bits per heavy atom. The molecule has 0 unspecified atom stereocenters. The van der Waals surface area contributed by atoms with E-state index in [9.17, 15) is 44.7 Å². The van der Waals surface area contributed by atoms with E-state index < -0.39 is 74.1 Å². The van der Waals surface area contributed by atoms with E-state index in [1.54, 1.807) is 41.1 Å². The van der Waals surface area contributed by atoms with Crippen LogP contribution in [0.25, 0.3) is 0 Å². The second-order valence-corrected chi connectivity index (χ2v) is 19.4. The molecule has 0 bridgehead atoms. The Hall–Kier alpha value is -4.03. The average molecular weight is 762 g/mol. The third-order valence-corrected chi connectivity index (χ3v) is 14.0. The van der Waals surface area contributed by atoms with Crippen LogP contribution in [0.1, 0.15) is 35.6 Å². The number of nitrogens with one attached hydrogen (secondary N) is 1. The van der Waals surface area contributed by atoms with Crippen molar-refractivity contribution in [3.8, 4) is 0 Å². The number of carbonyl (C=O) groups excluding carboxylic acids is 3. The number of rotatable bonds is 8. The van der Waals surface area contributed by atoms with Crippen LogP contribution in [0.3, 0.4) is 0 Å². The molecule has 0 saturated carbocycles. The van der Waals surface area contributed by atoms with Crippen LogP contribution < -0.4 is 10.2 Å². The minimum Gasteiger partial charge on any atom is -0.432 e. The van der Waals surface area contributed by atoms with Gasteiger partial charge in [-0.25, -0.2) is 0 Å². The lowest BCUT2D eigenvalue weighted by Gasteiger charge is -2.37. The Labute approximate surface area is 313 Å². The first-order chi connectivity index (χ1) is 25.6. The van der Waals surface area contributed by atoms with Crippen LogP contribution in [0.4, 0.5) is 11.4 Å². The van der Waals surface area contributed by atoms with Gasteiger partial charge in [-0.15, -0.1) is 0 Å². The summed E-state index contributed by atoms with van der Waals surface area (Å²) in [6.45, 7) is 5.63. The van der Waals surface area contributed by atoms with E-state index in [1.807, 2.05) is 61.5 Å². The van der Waals surface area contributed by atoms with Crippen LogP contribution in [0.2, 0.25) is 18.6 Å². The maximum atomic E-state index is 15.0. The summed E-state index contributed by atoms with van der Waals surface area (Å²) in [7, 11) is -3.18. The molecule has 3 aromatic carbocycles. The van der Waals surface area contributed by atoms with E-state index in [4.69, 9.17) is 9.47 Å². The normalized spacial score (nSPS) is 32.1. The molecular weight excluding hydrogens is 715 g/mol. The van der Waals surface area contributed by atoms with Gasteiger partial charge >= 0.3 is 0 Å². The highest BCUT2D eigenvalue weighted by Gasteiger charge is 2.66. The molecule has 4 aliphatic rings. The summed E-state index contributed by atoms with van der Waals surface area (Å²) in [5.74, 6) is -2.21. The number of carbonyl (C=O) groups is 3. The Balaban J connectivity index is 1.24. The highest BCUT2D eigenvalue weighted by atomic mass is 28.4. The van der Waals surface area contributed by atoms with Crippen molar-refractivity contribution in [2.45, 2.75) is 99.9 Å². The van der Waals surface area contributed by atoms with Gasteiger partial charge in [0.1, 0.15) is 18.3 Å². The van der Waals surface area contributed by atoms with E-state index in [1.165, 1.54) is 0 Å². The van der Waals surface area contributed by atoms with Gasteiger partial charge in [-0.2, -0.15) is 0 Å². The number of anilines is 2. The fourth-order valence-electron chi connectivity index (χ4n) is 8.90. The fraction of sp³-hybridized carbons (Fsp3) is 0.462. The summed E-state index contributed by atoms with van der Waals surface area (Å²) < 4.78 is 12.0. The van der Waals surface area contributed by atoms with E-state index >= 15 is 0 Å². The first kappa shape index (κ1) is 38.2. The van der Waals surface area contributed by atoms with E-state index in [0.29, 0.717) is 24.2 Å². The molecule has 14 nitrogen and oxygen atoms in total. The monoisotopic (exact) mass is 761 g/mol. The molecular formula is C39H47N3O11Si. The quantitative estimate of drug-likeness (QED) is 0.162. The van der Waals surface area contributed by atoms with Gasteiger partial charge in [-0.05, 0) is 54.4 Å². The third kappa shape index (κ3) is 6.56. The lowest BCUT2D eigenvalue weighted by molar-refractivity contribution is -0.274. The molecule has 2 saturated heterocycles. The maximum absolute atomic E-state index is 15.0. The second-order valence-electron chi connectivity index (χ2n) is 15.4. The molecule has 3 aromatic rings. The van der Waals surface area contributed by atoms with E-state index in [0.717, 1.165) is 16.7 Å². The zero-order valence-corrected chi connectivity index (χ0v) is 31.3. The Morgan fingerprint density at radius 1 is 0.944 bits per heavy atom. The molecule has 15 heteroatoms. The second kappa shape index (κ2) is 14.6. The molecule has 4 aliphatic heterocycles. The smallest absolute Gasteiger partial charge is 0.264 e. The van der Waals surface area contributed by atoms with Gasteiger partial charge in [-0.1, -0.05) is 61.5 Å². The summed E-state index contributed by atoms with van der Waals surface area (Å²) in [5.41, 5.74) is 1.74. The molecule has 7 rings (SSSR count). The van der Waals surface area contributed by atoms with Crippen LogP contribution in [0.5, 0.6) is 0 Å². The Morgan fingerprint density at radius 2 is 1.63 bits per heavy atom. The van der Waals surface area contributed by atoms with Gasteiger partial charge < -0.3 is 54.9 Å². The SMILES string of the molecule is C[C@@H]1[C@@H]([Si](C)(C)O)[C@H](CC(=O)N2Cc3ccccc3C[C@H]2CO)O[C@@]12C(=O)N(Cc1ccccc1)c1ccc(NC(=O)[C@H]3O[C@@H](O)[C@H](O)[C@@H](O)[C@@H]3O)cc12. The highest BCUT2D eigenvalue weighted by molar-refractivity contribution is 6.71. The first-order valence-corrected chi connectivity index (χ1v) is 21.2. The zero-order chi connectivity index (χ0) is 38.7. The van der Waals surface area contributed by atoms with Gasteiger partial charge in [0.25, 0.3) is 11.8 Å². The lowest BCUT2D eigenvalue weighted by atomic mass is 9.82. The van der Waals surface area contributed by atoms with Crippen LogP contribution >= 0.6 is 0 Å². The molecule has 0 aliphatic carbocycles.